The van der Waals surface area contributed by atoms with Crippen LogP contribution in [0.1, 0.15) is 36.8 Å². The molecule has 8 nitrogen and oxygen atoms in total. The number of nitrogens with one attached hydrogen (secondary N) is 2. The number of primary amides is 1. The molecular formula is C23H26FN5O3. The molecule has 3 rings (SSSR count). The van der Waals surface area contributed by atoms with Crippen LogP contribution in [0.5, 0.6) is 0 Å². The Morgan fingerprint density at radius 1 is 1.09 bits per heavy atom. The summed E-state index contributed by atoms with van der Waals surface area (Å²) < 4.78 is 14.9. The van der Waals surface area contributed by atoms with Crippen LogP contribution in [0.25, 0.3) is 10.9 Å². The number of nitrogens with two attached hydrogens (primary N) is 1. The minimum atomic E-state index is -0.921. The van der Waals surface area contributed by atoms with Crippen LogP contribution in [0.3, 0.4) is 0 Å². The highest BCUT2D eigenvalue weighted by Gasteiger charge is 2.34. The normalized spacial score (nSPS) is 12.4. The van der Waals surface area contributed by atoms with E-state index in [0.717, 1.165) is 11.1 Å². The predicted molar refractivity (Wildman–Crippen MR) is 118 cm³/mol. The Kier molecular flexibility index (Phi) is 6.57. The minimum absolute atomic E-state index is 0.166. The summed E-state index contributed by atoms with van der Waals surface area (Å²) in [7, 11) is 0. The third-order valence-electron chi connectivity index (χ3n) is 4.96. The molecule has 2 aromatic carbocycles. The topological polar surface area (TPSA) is 119 Å². The Morgan fingerprint density at radius 3 is 2.38 bits per heavy atom. The Labute approximate surface area is 185 Å². The van der Waals surface area contributed by atoms with Gasteiger partial charge in [0.2, 0.25) is 11.8 Å². The second kappa shape index (κ2) is 9.17. The number of fused-ring (bicyclic) bond motifs is 1. The predicted octanol–water partition coefficient (Wildman–Crippen LogP) is 1.97. The Hall–Kier alpha value is -3.75. The summed E-state index contributed by atoms with van der Waals surface area (Å²) in [5.74, 6) is -2.04. The fraction of sp³-hybridized carbons (Fsp3) is 0.304. The molecule has 0 bridgehead atoms. The maximum Gasteiger partial charge on any atom is 0.273 e. The average molecular weight is 439 g/mol. The number of carbonyl (C=O) groups is 3. The second-order valence-electron chi connectivity index (χ2n) is 8.61. The van der Waals surface area contributed by atoms with Gasteiger partial charge in [-0.1, -0.05) is 51.1 Å². The highest BCUT2D eigenvalue weighted by molar-refractivity contribution is 6.06. The summed E-state index contributed by atoms with van der Waals surface area (Å²) >= 11 is 0. The smallest absolute Gasteiger partial charge is 0.273 e. The SMILES string of the molecule is CC(C)(C)C(NC(=O)c1nn(Cc2ccc(F)cc2)c2ccccc12)C(=O)NCC(N)=O. The van der Waals surface area contributed by atoms with Gasteiger partial charge in [0, 0.05) is 5.39 Å². The van der Waals surface area contributed by atoms with Crippen molar-refractivity contribution in [2.24, 2.45) is 11.1 Å². The molecule has 0 radical (unpaired) electrons. The molecule has 1 heterocycles. The summed E-state index contributed by atoms with van der Waals surface area (Å²) in [5, 5.41) is 10.3. The molecule has 32 heavy (non-hydrogen) atoms. The zero-order chi connectivity index (χ0) is 23.5. The van der Waals surface area contributed by atoms with Crippen LogP contribution in [0, 0.1) is 11.2 Å². The van der Waals surface area contributed by atoms with Crippen LogP contribution in [-0.4, -0.2) is 40.1 Å². The summed E-state index contributed by atoms with van der Waals surface area (Å²) in [6, 6.07) is 12.4. The quantitative estimate of drug-likeness (QED) is 0.521. The molecule has 9 heteroatoms. The van der Waals surface area contributed by atoms with Crippen molar-refractivity contribution in [2.75, 3.05) is 6.54 Å². The maximum absolute atomic E-state index is 13.2. The van der Waals surface area contributed by atoms with E-state index in [1.165, 1.54) is 12.1 Å². The molecule has 1 atom stereocenters. The molecule has 168 valence electrons. The number of halogens is 1. The molecule has 3 amide bonds. The number of benzene rings is 2. The fourth-order valence-corrected chi connectivity index (χ4v) is 3.33. The molecule has 0 fully saturated rings. The monoisotopic (exact) mass is 439 g/mol. The molecule has 0 saturated heterocycles. The van der Waals surface area contributed by atoms with Crippen molar-refractivity contribution in [1.29, 1.82) is 0 Å². The largest absolute Gasteiger partial charge is 0.368 e. The summed E-state index contributed by atoms with van der Waals surface area (Å²) in [5.41, 5.74) is 6.19. The van der Waals surface area contributed by atoms with Crippen molar-refractivity contribution < 1.29 is 18.8 Å². The van der Waals surface area contributed by atoms with Gasteiger partial charge >= 0.3 is 0 Å². The first-order chi connectivity index (χ1) is 15.1. The third kappa shape index (κ3) is 5.29. The molecular weight excluding hydrogens is 413 g/mol. The summed E-state index contributed by atoms with van der Waals surface area (Å²) in [4.78, 5) is 36.8. The third-order valence-corrected chi connectivity index (χ3v) is 4.96. The number of nitrogens with zero attached hydrogens (tertiary/aromatic N) is 2. The van der Waals surface area contributed by atoms with Gasteiger partial charge in [-0.2, -0.15) is 5.10 Å². The molecule has 0 saturated carbocycles. The second-order valence-corrected chi connectivity index (χ2v) is 8.61. The standard InChI is InChI=1S/C23H26FN5O3/c1-23(2,3)20(22(32)26-12-18(25)30)27-21(31)19-16-6-4-5-7-17(16)29(28-19)13-14-8-10-15(24)11-9-14/h4-11,20H,12-13H2,1-3H3,(H2,25,30)(H,26,32)(H,27,31). The van der Waals surface area contributed by atoms with E-state index in [1.54, 1.807) is 49.7 Å². The summed E-state index contributed by atoms with van der Waals surface area (Å²) in [6.07, 6.45) is 0. The molecule has 0 aliphatic carbocycles. The lowest BCUT2D eigenvalue weighted by atomic mass is 9.86. The van der Waals surface area contributed by atoms with Crippen LogP contribution in [0.15, 0.2) is 48.5 Å². The van der Waals surface area contributed by atoms with Crippen LogP contribution in [-0.2, 0) is 16.1 Å². The number of amides is 3. The van der Waals surface area contributed by atoms with E-state index in [0.29, 0.717) is 11.9 Å². The van der Waals surface area contributed by atoms with Crippen LogP contribution >= 0.6 is 0 Å². The van der Waals surface area contributed by atoms with E-state index in [-0.39, 0.29) is 18.1 Å². The van der Waals surface area contributed by atoms with Gasteiger partial charge in [-0.25, -0.2) is 4.39 Å². The zero-order valence-electron chi connectivity index (χ0n) is 18.2. The van der Waals surface area contributed by atoms with Gasteiger partial charge in [0.15, 0.2) is 5.69 Å². The highest BCUT2D eigenvalue weighted by Crippen LogP contribution is 2.23. The number of hydrogen-bond donors (Lipinski definition) is 3. The highest BCUT2D eigenvalue weighted by atomic mass is 19.1. The van der Waals surface area contributed by atoms with E-state index < -0.39 is 29.2 Å². The Bertz CT molecular complexity index is 1150. The van der Waals surface area contributed by atoms with E-state index >= 15 is 0 Å². The fourth-order valence-electron chi connectivity index (χ4n) is 3.33. The molecule has 0 spiro atoms. The maximum atomic E-state index is 13.2. The van der Waals surface area contributed by atoms with Crippen molar-refractivity contribution in [1.82, 2.24) is 20.4 Å². The Morgan fingerprint density at radius 2 is 1.75 bits per heavy atom. The van der Waals surface area contributed by atoms with Gasteiger partial charge in [0.1, 0.15) is 11.9 Å². The number of carbonyl (C=O) groups excluding carboxylic acids is 3. The number of aromatic nitrogens is 2. The Balaban J connectivity index is 1.90. The molecule has 0 aliphatic heterocycles. The lowest BCUT2D eigenvalue weighted by Gasteiger charge is -2.30. The van der Waals surface area contributed by atoms with Gasteiger partial charge in [-0.05, 0) is 29.2 Å². The van der Waals surface area contributed by atoms with Crippen LogP contribution in [0.2, 0.25) is 0 Å². The van der Waals surface area contributed by atoms with Gasteiger partial charge in [-0.3, -0.25) is 19.1 Å². The molecule has 3 aromatic rings. The van der Waals surface area contributed by atoms with E-state index in [4.69, 9.17) is 5.73 Å². The van der Waals surface area contributed by atoms with E-state index in [9.17, 15) is 18.8 Å². The number of hydrogen-bond acceptors (Lipinski definition) is 4. The first-order valence-corrected chi connectivity index (χ1v) is 10.1. The molecule has 4 N–H and O–H groups in total. The molecule has 0 aliphatic rings. The van der Waals surface area contributed by atoms with E-state index in [2.05, 4.69) is 15.7 Å². The van der Waals surface area contributed by atoms with E-state index in [1.807, 2.05) is 12.1 Å². The average Bonchev–Trinajstić information content (AvgIpc) is 3.09. The van der Waals surface area contributed by atoms with Gasteiger partial charge in [0.05, 0.1) is 18.6 Å². The van der Waals surface area contributed by atoms with Gasteiger partial charge < -0.3 is 16.4 Å². The van der Waals surface area contributed by atoms with Crippen molar-refractivity contribution in [3.05, 3.63) is 65.6 Å². The first kappa shape index (κ1) is 22.9. The molecule has 1 aromatic heterocycles. The zero-order valence-corrected chi connectivity index (χ0v) is 18.2. The first-order valence-electron chi connectivity index (χ1n) is 10.1. The minimum Gasteiger partial charge on any atom is -0.368 e. The summed E-state index contributed by atoms with van der Waals surface area (Å²) in [6.45, 7) is 5.42. The number of rotatable bonds is 7. The van der Waals surface area contributed by atoms with Crippen molar-refractivity contribution in [3.8, 4) is 0 Å². The van der Waals surface area contributed by atoms with Crippen molar-refractivity contribution in [3.63, 3.8) is 0 Å². The van der Waals surface area contributed by atoms with Gasteiger partial charge in [-0.15, -0.1) is 0 Å². The molecule has 1 unspecified atom stereocenters. The van der Waals surface area contributed by atoms with Crippen molar-refractivity contribution in [2.45, 2.75) is 33.4 Å². The number of para-hydroxylation sites is 1. The van der Waals surface area contributed by atoms with Gasteiger partial charge in [0.25, 0.3) is 5.91 Å². The van der Waals surface area contributed by atoms with Crippen LogP contribution in [0.4, 0.5) is 4.39 Å². The lowest BCUT2D eigenvalue weighted by molar-refractivity contribution is -0.128. The van der Waals surface area contributed by atoms with Crippen molar-refractivity contribution >= 4 is 28.6 Å². The van der Waals surface area contributed by atoms with Crippen LogP contribution < -0.4 is 16.4 Å². The lowest BCUT2D eigenvalue weighted by Crippen LogP contribution is -2.54.